The topological polar surface area (TPSA) is 55.6 Å². The highest BCUT2D eigenvalue weighted by Crippen LogP contribution is 2.42. The van der Waals surface area contributed by atoms with Crippen molar-refractivity contribution in [2.75, 3.05) is 12.0 Å². The van der Waals surface area contributed by atoms with Gasteiger partial charge in [0, 0.05) is 15.7 Å². The number of rotatable bonds is 3. The Bertz CT molecular complexity index is 782. The van der Waals surface area contributed by atoms with E-state index in [2.05, 4.69) is 0 Å². The normalized spacial score (nSPS) is 20.4. The first-order valence-corrected chi connectivity index (χ1v) is 7.94. The number of methoxy groups -OCH3 is 1. The van der Waals surface area contributed by atoms with Gasteiger partial charge in [-0.1, -0.05) is 40.9 Å². The SMILES string of the molecule is COc1ccc(N2C(=O)[C@@H](N)[C@@H]2c2ccc(Cl)cc2Cl)cc1Cl. The Balaban J connectivity index is 2.00. The van der Waals surface area contributed by atoms with Gasteiger partial charge in [0.1, 0.15) is 11.8 Å². The molecule has 120 valence electrons. The van der Waals surface area contributed by atoms with Crippen molar-refractivity contribution in [2.24, 2.45) is 5.73 Å². The molecule has 1 aliphatic heterocycles. The number of benzene rings is 2. The number of nitrogens with two attached hydrogens (primary N) is 1. The van der Waals surface area contributed by atoms with Crippen molar-refractivity contribution in [2.45, 2.75) is 12.1 Å². The van der Waals surface area contributed by atoms with Crippen LogP contribution in [-0.4, -0.2) is 19.1 Å². The van der Waals surface area contributed by atoms with Gasteiger partial charge in [-0.3, -0.25) is 4.79 Å². The lowest BCUT2D eigenvalue weighted by atomic mass is 9.88. The van der Waals surface area contributed by atoms with Gasteiger partial charge in [0.25, 0.3) is 0 Å². The number of hydrogen-bond acceptors (Lipinski definition) is 3. The molecule has 3 rings (SSSR count). The van der Waals surface area contributed by atoms with Crippen LogP contribution in [-0.2, 0) is 4.79 Å². The molecule has 4 nitrogen and oxygen atoms in total. The van der Waals surface area contributed by atoms with Crippen LogP contribution >= 0.6 is 34.8 Å². The van der Waals surface area contributed by atoms with Crippen LogP contribution in [0.15, 0.2) is 36.4 Å². The molecule has 2 aromatic carbocycles. The number of hydrogen-bond donors (Lipinski definition) is 1. The van der Waals surface area contributed by atoms with Gasteiger partial charge in [-0.25, -0.2) is 0 Å². The Labute approximate surface area is 148 Å². The third-order valence-corrected chi connectivity index (χ3v) is 4.69. The Hall–Kier alpha value is -1.46. The Morgan fingerprint density at radius 3 is 2.43 bits per heavy atom. The minimum Gasteiger partial charge on any atom is -0.495 e. The van der Waals surface area contributed by atoms with Gasteiger partial charge in [0.05, 0.1) is 18.2 Å². The first-order chi connectivity index (χ1) is 10.9. The summed E-state index contributed by atoms with van der Waals surface area (Å²) in [5.74, 6) is 0.344. The molecule has 7 heteroatoms. The first kappa shape index (κ1) is 16.4. The van der Waals surface area contributed by atoms with Crippen LogP contribution in [0, 0.1) is 0 Å². The monoisotopic (exact) mass is 370 g/mol. The van der Waals surface area contributed by atoms with Gasteiger partial charge in [-0.05, 0) is 35.9 Å². The molecule has 1 amide bonds. The summed E-state index contributed by atoms with van der Waals surface area (Å²) < 4.78 is 5.13. The Morgan fingerprint density at radius 1 is 1.09 bits per heavy atom. The zero-order chi connectivity index (χ0) is 16.7. The number of ether oxygens (including phenoxy) is 1. The number of amides is 1. The molecule has 23 heavy (non-hydrogen) atoms. The van der Waals surface area contributed by atoms with Crippen LogP contribution in [0.2, 0.25) is 15.1 Å². The number of halogens is 3. The average molecular weight is 372 g/mol. The lowest BCUT2D eigenvalue weighted by molar-refractivity contribution is -0.126. The molecule has 1 fully saturated rings. The van der Waals surface area contributed by atoms with Crippen molar-refractivity contribution in [3.05, 3.63) is 57.0 Å². The van der Waals surface area contributed by atoms with Crippen molar-refractivity contribution in [1.29, 1.82) is 0 Å². The second kappa shape index (κ2) is 6.21. The van der Waals surface area contributed by atoms with Gasteiger partial charge in [0.2, 0.25) is 5.91 Å². The predicted octanol–water partition coefficient (Wildman–Crippen LogP) is 4.07. The quantitative estimate of drug-likeness (QED) is 0.827. The molecule has 1 aliphatic rings. The molecule has 1 saturated heterocycles. The van der Waals surface area contributed by atoms with E-state index in [4.69, 9.17) is 45.3 Å². The van der Waals surface area contributed by atoms with Crippen molar-refractivity contribution in [1.82, 2.24) is 0 Å². The molecule has 0 aliphatic carbocycles. The summed E-state index contributed by atoms with van der Waals surface area (Å²) in [6, 6.07) is 9.23. The molecule has 2 N–H and O–H groups in total. The maximum Gasteiger partial charge on any atom is 0.247 e. The van der Waals surface area contributed by atoms with E-state index in [1.165, 1.54) is 7.11 Å². The zero-order valence-electron chi connectivity index (χ0n) is 12.1. The van der Waals surface area contributed by atoms with E-state index in [0.717, 1.165) is 5.56 Å². The largest absolute Gasteiger partial charge is 0.495 e. The van der Waals surface area contributed by atoms with Gasteiger partial charge in [0.15, 0.2) is 0 Å². The summed E-state index contributed by atoms with van der Waals surface area (Å²) >= 11 is 18.3. The molecule has 2 atom stereocenters. The third kappa shape index (κ3) is 2.76. The molecule has 0 aromatic heterocycles. The summed E-state index contributed by atoms with van der Waals surface area (Å²) in [5.41, 5.74) is 7.37. The standard InChI is InChI=1S/C16H13Cl3N2O2/c1-23-13-5-3-9(7-12(13)19)21-15(14(20)16(21)22)10-4-2-8(17)6-11(10)18/h2-7,14-15H,20H2,1H3/t14-,15-/m0/s1. The third-order valence-electron chi connectivity index (χ3n) is 3.84. The zero-order valence-corrected chi connectivity index (χ0v) is 14.4. The highest BCUT2D eigenvalue weighted by Gasteiger charge is 2.47. The summed E-state index contributed by atoms with van der Waals surface area (Å²) in [5, 5.41) is 1.41. The first-order valence-electron chi connectivity index (χ1n) is 6.81. The fourth-order valence-electron chi connectivity index (χ4n) is 2.68. The number of β-lactam (4-membered cyclic amide) rings is 1. The Kier molecular flexibility index (Phi) is 4.43. The number of anilines is 1. The Morgan fingerprint density at radius 2 is 1.83 bits per heavy atom. The average Bonchev–Trinajstić information content (AvgIpc) is 2.52. The predicted molar refractivity (Wildman–Crippen MR) is 92.7 cm³/mol. The molecule has 0 unspecified atom stereocenters. The van der Waals surface area contributed by atoms with E-state index in [1.54, 1.807) is 41.3 Å². The van der Waals surface area contributed by atoms with Crippen LogP contribution in [0.3, 0.4) is 0 Å². The van der Waals surface area contributed by atoms with Crippen molar-refractivity contribution >= 4 is 46.4 Å². The highest BCUT2D eigenvalue weighted by molar-refractivity contribution is 6.35. The highest BCUT2D eigenvalue weighted by atomic mass is 35.5. The lowest BCUT2D eigenvalue weighted by Gasteiger charge is -2.46. The molecule has 0 spiro atoms. The van der Waals surface area contributed by atoms with E-state index in [1.807, 2.05) is 0 Å². The summed E-state index contributed by atoms with van der Waals surface area (Å²) in [7, 11) is 1.53. The molecule has 0 bridgehead atoms. The fraction of sp³-hybridized carbons (Fsp3) is 0.188. The molecule has 0 radical (unpaired) electrons. The number of carbonyl (C=O) groups is 1. The van der Waals surface area contributed by atoms with Gasteiger partial charge >= 0.3 is 0 Å². The molecule has 2 aromatic rings. The van der Waals surface area contributed by atoms with Gasteiger partial charge < -0.3 is 15.4 Å². The minimum absolute atomic E-state index is 0.192. The fourth-order valence-corrected chi connectivity index (χ4v) is 3.45. The van der Waals surface area contributed by atoms with Crippen molar-refractivity contribution < 1.29 is 9.53 Å². The number of carbonyl (C=O) groups excluding carboxylic acids is 1. The summed E-state index contributed by atoms with van der Waals surface area (Å²) in [6.45, 7) is 0. The second-order valence-electron chi connectivity index (χ2n) is 5.16. The maximum absolute atomic E-state index is 12.2. The van der Waals surface area contributed by atoms with Crippen molar-refractivity contribution in [3.63, 3.8) is 0 Å². The van der Waals surface area contributed by atoms with E-state index < -0.39 is 6.04 Å². The van der Waals surface area contributed by atoms with E-state index in [9.17, 15) is 4.79 Å². The van der Waals surface area contributed by atoms with Gasteiger partial charge in [-0.15, -0.1) is 0 Å². The second-order valence-corrected chi connectivity index (χ2v) is 6.41. The van der Waals surface area contributed by atoms with Crippen LogP contribution in [0.4, 0.5) is 5.69 Å². The van der Waals surface area contributed by atoms with Crippen LogP contribution in [0.5, 0.6) is 5.75 Å². The van der Waals surface area contributed by atoms with Gasteiger partial charge in [-0.2, -0.15) is 0 Å². The lowest BCUT2D eigenvalue weighted by Crippen LogP contribution is -2.63. The van der Waals surface area contributed by atoms with Crippen LogP contribution in [0.1, 0.15) is 11.6 Å². The summed E-state index contributed by atoms with van der Waals surface area (Å²) in [4.78, 5) is 13.8. The molecule has 0 saturated carbocycles. The molecular formula is C16H13Cl3N2O2. The van der Waals surface area contributed by atoms with Crippen LogP contribution in [0.25, 0.3) is 0 Å². The maximum atomic E-state index is 12.2. The van der Waals surface area contributed by atoms with Crippen molar-refractivity contribution in [3.8, 4) is 5.75 Å². The molecular weight excluding hydrogens is 359 g/mol. The molecule has 1 heterocycles. The smallest absolute Gasteiger partial charge is 0.247 e. The van der Waals surface area contributed by atoms with Crippen LogP contribution < -0.4 is 15.4 Å². The minimum atomic E-state index is -0.658. The van der Waals surface area contributed by atoms with E-state index >= 15 is 0 Å². The number of nitrogens with zero attached hydrogens (tertiary/aromatic N) is 1. The van der Waals surface area contributed by atoms with E-state index in [0.29, 0.717) is 26.5 Å². The van der Waals surface area contributed by atoms with E-state index in [-0.39, 0.29) is 11.9 Å². The summed E-state index contributed by atoms with van der Waals surface area (Å²) in [6.07, 6.45) is 0.